The Morgan fingerprint density at radius 2 is 1.90 bits per heavy atom. The average Bonchev–Trinajstić information content (AvgIpc) is 2.42. The molecule has 1 aliphatic carbocycles. The number of rotatable bonds is 7. The second kappa shape index (κ2) is 7.78. The zero-order valence-corrected chi connectivity index (χ0v) is 12.4. The highest BCUT2D eigenvalue weighted by atomic mass is 16.5. The van der Waals surface area contributed by atoms with E-state index in [4.69, 9.17) is 4.74 Å². The highest BCUT2D eigenvalue weighted by Gasteiger charge is 2.25. The number of ketones is 2. The Labute approximate surface area is 119 Å². The third-order valence-corrected chi connectivity index (χ3v) is 3.49. The third-order valence-electron chi connectivity index (χ3n) is 3.49. The van der Waals surface area contributed by atoms with Gasteiger partial charge in [0.25, 0.3) is 0 Å². The molecule has 1 rings (SSSR count). The van der Waals surface area contributed by atoms with Crippen LogP contribution < -0.4 is 0 Å². The number of carbonyl (C=O) groups is 3. The summed E-state index contributed by atoms with van der Waals surface area (Å²) in [4.78, 5) is 35.0. The Balaban J connectivity index is 2.57. The molecule has 0 saturated heterocycles. The molecule has 0 radical (unpaired) electrons. The molecule has 0 aromatic carbocycles. The van der Waals surface area contributed by atoms with Crippen LogP contribution in [0.15, 0.2) is 23.3 Å². The van der Waals surface area contributed by atoms with Gasteiger partial charge in [0.1, 0.15) is 5.57 Å². The molecule has 0 amide bonds. The zero-order chi connectivity index (χ0) is 15.1. The lowest BCUT2D eigenvalue weighted by atomic mass is 9.98. The first-order chi connectivity index (χ1) is 9.49. The van der Waals surface area contributed by atoms with Gasteiger partial charge < -0.3 is 4.74 Å². The molecule has 0 aromatic rings. The summed E-state index contributed by atoms with van der Waals surface area (Å²) in [5.74, 6) is -1.14. The number of unbranched alkanes of at least 4 members (excludes halogenated alkanes) is 1. The van der Waals surface area contributed by atoms with E-state index in [0.717, 1.165) is 31.8 Å². The highest BCUT2D eigenvalue weighted by Crippen LogP contribution is 2.16. The molecule has 0 fully saturated rings. The smallest absolute Gasteiger partial charge is 0.342 e. The van der Waals surface area contributed by atoms with Crippen LogP contribution in [0, 0.1) is 5.92 Å². The second-order valence-corrected chi connectivity index (χ2v) is 5.13. The molecule has 20 heavy (non-hydrogen) atoms. The van der Waals surface area contributed by atoms with E-state index in [9.17, 15) is 14.4 Å². The van der Waals surface area contributed by atoms with Crippen molar-refractivity contribution in [1.82, 2.24) is 0 Å². The van der Waals surface area contributed by atoms with Gasteiger partial charge in [-0.15, -0.1) is 0 Å². The Morgan fingerprint density at radius 1 is 1.20 bits per heavy atom. The predicted molar refractivity (Wildman–Crippen MR) is 76.1 cm³/mol. The molecule has 1 unspecified atom stereocenters. The minimum absolute atomic E-state index is 0.161. The molecule has 0 N–H and O–H groups in total. The first kappa shape index (κ1) is 16.3. The van der Waals surface area contributed by atoms with Crippen LogP contribution in [0.2, 0.25) is 0 Å². The molecule has 0 saturated carbocycles. The van der Waals surface area contributed by atoms with Crippen molar-refractivity contribution in [3.63, 3.8) is 0 Å². The van der Waals surface area contributed by atoms with E-state index in [0.29, 0.717) is 18.1 Å². The van der Waals surface area contributed by atoms with Crippen molar-refractivity contribution in [3.05, 3.63) is 23.3 Å². The van der Waals surface area contributed by atoms with Gasteiger partial charge in [-0.1, -0.05) is 33.1 Å². The molecule has 1 atom stereocenters. The lowest BCUT2D eigenvalue weighted by Crippen LogP contribution is -2.22. The monoisotopic (exact) mass is 278 g/mol. The Bertz CT molecular complexity index is 457. The zero-order valence-electron chi connectivity index (χ0n) is 12.4. The van der Waals surface area contributed by atoms with Crippen LogP contribution in [0.4, 0.5) is 0 Å². The van der Waals surface area contributed by atoms with Gasteiger partial charge in [-0.05, 0) is 25.3 Å². The van der Waals surface area contributed by atoms with Gasteiger partial charge in [0.05, 0.1) is 6.61 Å². The molecule has 1 aliphatic rings. The Hall–Kier alpha value is -1.71. The molecule has 0 bridgehead atoms. The van der Waals surface area contributed by atoms with E-state index in [1.165, 1.54) is 6.08 Å². The quantitative estimate of drug-likeness (QED) is 0.408. The second-order valence-electron chi connectivity index (χ2n) is 5.13. The number of hydrogen-bond acceptors (Lipinski definition) is 4. The van der Waals surface area contributed by atoms with Crippen LogP contribution in [0.3, 0.4) is 0 Å². The molecule has 0 heterocycles. The summed E-state index contributed by atoms with van der Waals surface area (Å²) in [6.45, 7) is 6.02. The summed E-state index contributed by atoms with van der Waals surface area (Å²) in [5, 5.41) is 0. The lowest BCUT2D eigenvalue weighted by Gasteiger charge is -2.15. The molecule has 4 nitrogen and oxygen atoms in total. The first-order valence-corrected chi connectivity index (χ1v) is 7.15. The average molecular weight is 278 g/mol. The van der Waals surface area contributed by atoms with Crippen LogP contribution in [-0.2, 0) is 19.1 Å². The molecule has 0 aliphatic heterocycles. The maximum Gasteiger partial charge on any atom is 0.342 e. The summed E-state index contributed by atoms with van der Waals surface area (Å²) >= 11 is 0. The first-order valence-electron chi connectivity index (χ1n) is 7.15. The lowest BCUT2D eigenvalue weighted by molar-refractivity contribution is -0.141. The molecule has 0 spiro atoms. The van der Waals surface area contributed by atoms with Crippen molar-refractivity contribution in [2.75, 3.05) is 6.61 Å². The maximum absolute atomic E-state index is 11.9. The van der Waals surface area contributed by atoms with E-state index < -0.39 is 11.8 Å². The van der Waals surface area contributed by atoms with Gasteiger partial charge in [-0.3, -0.25) is 9.59 Å². The fraction of sp³-hybridized carbons (Fsp3) is 0.562. The number of esters is 1. The Morgan fingerprint density at radius 3 is 2.50 bits per heavy atom. The van der Waals surface area contributed by atoms with E-state index in [1.54, 1.807) is 6.92 Å². The number of carbonyl (C=O) groups excluding carboxylic acids is 3. The van der Waals surface area contributed by atoms with Crippen molar-refractivity contribution >= 4 is 17.5 Å². The number of ether oxygens (including phenoxy) is 1. The van der Waals surface area contributed by atoms with Crippen molar-refractivity contribution in [3.8, 4) is 0 Å². The topological polar surface area (TPSA) is 60.4 Å². The minimum Gasteiger partial charge on any atom is -0.462 e. The van der Waals surface area contributed by atoms with Crippen molar-refractivity contribution in [1.29, 1.82) is 0 Å². The number of hydrogen-bond donors (Lipinski definition) is 0. The van der Waals surface area contributed by atoms with Crippen LogP contribution in [0.25, 0.3) is 0 Å². The van der Waals surface area contributed by atoms with Crippen LogP contribution in [0.1, 0.15) is 46.5 Å². The van der Waals surface area contributed by atoms with Gasteiger partial charge in [0, 0.05) is 11.6 Å². The fourth-order valence-corrected chi connectivity index (χ4v) is 1.99. The van der Waals surface area contributed by atoms with Gasteiger partial charge in [-0.2, -0.15) is 0 Å². The standard InChI is InChI=1S/C16H22O4/c1-4-6-7-12(5-2)10-20-16(19)13-9-14(17)11(3)8-15(13)18/h8-9,12H,4-7,10H2,1-3H3. The van der Waals surface area contributed by atoms with Gasteiger partial charge in [0.2, 0.25) is 0 Å². The Kier molecular flexibility index (Phi) is 6.36. The summed E-state index contributed by atoms with van der Waals surface area (Å²) in [5.41, 5.74) is 0.187. The van der Waals surface area contributed by atoms with Crippen LogP contribution in [0.5, 0.6) is 0 Å². The van der Waals surface area contributed by atoms with Crippen molar-refractivity contribution in [2.45, 2.75) is 46.5 Å². The number of allylic oxidation sites excluding steroid dienone is 3. The van der Waals surface area contributed by atoms with E-state index in [-0.39, 0.29) is 11.4 Å². The summed E-state index contributed by atoms with van der Waals surface area (Å²) < 4.78 is 5.18. The maximum atomic E-state index is 11.9. The van der Waals surface area contributed by atoms with Crippen molar-refractivity contribution in [2.24, 2.45) is 5.92 Å². The van der Waals surface area contributed by atoms with Gasteiger partial charge in [-0.25, -0.2) is 4.79 Å². The van der Waals surface area contributed by atoms with Gasteiger partial charge >= 0.3 is 5.97 Å². The molecule has 110 valence electrons. The largest absolute Gasteiger partial charge is 0.462 e. The fourth-order valence-electron chi connectivity index (χ4n) is 1.99. The third kappa shape index (κ3) is 4.44. The molecule has 4 heteroatoms. The summed E-state index contributed by atoms with van der Waals surface area (Å²) in [7, 11) is 0. The highest BCUT2D eigenvalue weighted by molar-refractivity contribution is 6.30. The summed E-state index contributed by atoms with van der Waals surface area (Å²) in [6, 6.07) is 0. The predicted octanol–water partition coefficient (Wildman–Crippen LogP) is 2.77. The molecular formula is C16H22O4. The van der Waals surface area contributed by atoms with Crippen LogP contribution in [-0.4, -0.2) is 24.1 Å². The van der Waals surface area contributed by atoms with E-state index >= 15 is 0 Å². The molecular weight excluding hydrogens is 256 g/mol. The minimum atomic E-state index is -0.693. The molecule has 0 aromatic heterocycles. The van der Waals surface area contributed by atoms with Gasteiger partial charge in [0.15, 0.2) is 11.6 Å². The van der Waals surface area contributed by atoms with Crippen LogP contribution >= 0.6 is 0 Å². The normalized spacial score (nSPS) is 16.6. The SMILES string of the molecule is CCCCC(CC)COC(=O)C1=CC(=O)C(C)=CC1=O. The van der Waals surface area contributed by atoms with E-state index in [1.807, 2.05) is 0 Å². The van der Waals surface area contributed by atoms with E-state index in [2.05, 4.69) is 13.8 Å². The summed E-state index contributed by atoms with van der Waals surface area (Å²) in [6.07, 6.45) is 6.40. The van der Waals surface area contributed by atoms with Crippen molar-refractivity contribution < 1.29 is 19.1 Å².